The molecule has 1 aliphatic rings. The number of hydrogen-bond acceptors (Lipinski definition) is 4. The summed E-state index contributed by atoms with van der Waals surface area (Å²) in [6, 6.07) is 2.30. The second-order valence-corrected chi connectivity index (χ2v) is 6.71. The molecule has 5 nitrogen and oxygen atoms in total. The monoisotopic (exact) mass is 372 g/mol. The van der Waals surface area contributed by atoms with Crippen molar-refractivity contribution in [2.24, 2.45) is 5.92 Å². The van der Waals surface area contributed by atoms with Crippen LogP contribution in [0.15, 0.2) is 12.1 Å². The van der Waals surface area contributed by atoms with Crippen molar-refractivity contribution < 1.29 is 18.0 Å². The van der Waals surface area contributed by atoms with E-state index in [-0.39, 0.29) is 11.8 Å². The Morgan fingerprint density at radius 1 is 1.15 bits per heavy atom. The number of hydrogen-bond donors (Lipinski definition) is 0. The molecule has 1 aliphatic heterocycles. The predicted molar refractivity (Wildman–Crippen MR) is 93.8 cm³/mol. The molecule has 0 unspecified atom stereocenters. The summed E-state index contributed by atoms with van der Waals surface area (Å²) in [4.78, 5) is 16.6. The maximum absolute atomic E-state index is 12.7. The third-order valence-corrected chi connectivity index (χ3v) is 4.70. The molecule has 0 spiro atoms. The topological polar surface area (TPSA) is 49.3 Å². The van der Waals surface area contributed by atoms with Gasteiger partial charge in [0.15, 0.2) is 11.5 Å². The number of halogens is 3. The summed E-state index contributed by atoms with van der Waals surface area (Å²) in [6.07, 6.45) is -0.104. The number of unbranched alkanes of at least 4 members (excludes halogenated alkanes) is 1. The van der Waals surface area contributed by atoms with Crippen molar-refractivity contribution in [1.82, 2.24) is 15.1 Å². The lowest BCUT2D eigenvalue weighted by Crippen LogP contribution is -2.43. The fraction of sp³-hybridized carbons (Fsp3) is 0.722. The molecule has 0 aromatic carbocycles. The van der Waals surface area contributed by atoms with Gasteiger partial charge in [-0.1, -0.05) is 20.3 Å². The van der Waals surface area contributed by atoms with E-state index in [1.807, 2.05) is 9.80 Å². The minimum Gasteiger partial charge on any atom is -0.355 e. The summed E-state index contributed by atoms with van der Waals surface area (Å²) in [5, 5.41) is 6.98. The fourth-order valence-corrected chi connectivity index (χ4v) is 3.21. The van der Waals surface area contributed by atoms with Crippen LogP contribution in [0.5, 0.6) is 0 Å². The zero-order chi connectivity index (χ0) is 19.2. The van der Waals surface area contributed by atoms with Gasteiger partial charge in [0.05, 0.1) is 0 Å². The second-order valence-electron chi connectivity index (χ2n) is 6.71. The molecule has 0 saturated carbocycles. The Balaban J connectivity index is 1.92. The predicted octanol–water partition coefficient (Wildman–Crippen LogP) is 3.75. The largest absolute Gasteiger partial charge is 0.435 e. The molecule has 146 valence electrons. The molecular weight excluding hydrogens is 345 g/mol. The summed E-state index contributed by atoms with van der Waals surface area (Å²) < 4.78 is 37.7. The van der Waals surface area contributed by atoms with Gasteiger partial charge in [0.1, 0.15) is 0 Å². The SMILES string of the molecule is CCCCN(CCC)C(=O)C1CCN(c2ccc(C(F)(F)F)nn2)CC1. The first kappa shape index (κ1) is 20.5. The Kier molecular flexibility index (Phi) is 7.23. The number of amides is 1. The zero-order valence-corrected chi connectivity index (χ0v) is 15.4. The zero-order valence-electron chi connectivity index (χ0n) is 15.4. The number of alkyl halides is 3. The summed E-state index contributed by atoms with van der Waals surface area (Å²) >= 11 is 0. The third-order valence-electron chi connectivity index (χ3n) is 4.70. The molecule has 1 fully saturated rings. The number of rotatable bonds is 7. The molecule has 0 bridgehead atoms. The van der Waals surface area contributed by atoms with Crippen molar-refractivity contribution in [2.45, 2.75) is 52.1 Å². The minimum atomic E-state index is -4.48. The molecule has 8 heteroatoms. The molecule has 1 aromatic rings. The smallest absolute Gasteiger partial charge is 0.355 e. The molecule has 0 aliphatic carbocycles. The van der Waals surface area contributed by atoms with Gasteiger partial charge in [-0.15, -0.1) is 10.2 Å². The van der Waals surface area contributed by atoms with Crippen LogP contribution in [0.25, 0.3) is 0 Å². The van der Waals surface area contributed by atoms with E-state index in [4.69, 9.17) is 0 Å². The van der Waals surface area contributed by atoms with Crippen LogP contribution in [0.2, 0.25) is 0 Å². The van der Waals surface area contributed by atoms with Gasteiger partial charge in [-0.2, -0.15) is 13.2 Å². The van der Waals surface area contributed by atoms with Crippen molar-refractivity contribution in [1.29, 1.82) is 0 Å². The van der Waals surface area contributed by atoms with Crippen molar-refractivity contribution in [2.75, 3.05) is 31.1 Å². The van der Waals surface area contributed by atoms with Crippen molar-refractivity contribution in [3.8, 4) is 0 Å². The highest BCUT2D eigenvalue weighted by Crippen LogP contribution is 2.28. The lowest BCUT2D eigenvalue weighted by Gasteiger charge is -2.34. The Morgan fingerprint density at radius 2 is 1.85 bits per heavy atom. The first-order valence-electron chi connectivity index (χ1n) is 9.31. The van der Waals surface area contributed by atoms with Crippen LogP contribution in [0.1, 0.15) is 51.6 Å². The van der Waals surface area contributed by atoms with Crippen LogP contribution >= 0.6 is 0 Å². The molecule has 26 heavy (non-hydrogen) atoms. The summed E-state index contributed by atoms with van der Waals surface area (Å²) in [7, 11) is 0. The molecule has 1 aromatic heterocycles. The fourth-order valence-electron chi connectivity index (χ4n) is 3.21. The van der Waals surface area contributed by atoms with Crippen LogP contribution in [0, 0.1) is 5.92 Å². The van der Waals surface area contributed by atoms with Crippen LogP contribution in [-0.4, -0.2) is 47.2 Å². The first-order valence-corrected chi connectivity index (χ1v) is 9.31. The van der Waals surface area contributed by atoms with Gasteiger partial charge in [-0.3, -0.25) is 4.79 Å². The number of nitrogens with zero attached hydrogens (tertiary/aromatic N) is 4. The Hall–Kier alpha value is -1.86. The highest BCUT2D eigenvalue weighted by atomic mass is 19.4. The lowest BCUT2D eigenvalue weighted by molar-refractivity contribution is -0.141. The number of anilines is 1. The van der Waals surface area contributed by atoms with E-state index in [1.54, 1.807) is 0 Å². The molecule has 0 atom stereocenters. The van der Waals surface area contributed by atoms with E-state index >= 15 is 0 Å². The van der Waals surface area contributed by atoms with E-state index in [2.05, 4.69) is 24.0 Å². The molecule has 2 rings (SSSR count). The Labute approximate surface area is 152 Å². The standard InChI is InChI=1S/C18H27F3N4O/c1-3-5-11-25(10-4-2)17(26)14-8-12-24(13-9-14)16-7-6-15(22-23-16)18(19,20)21/h6-7,14H,3-5,8-13H2,1-2H3. The van der Waals surface area contributed by atoms with E-state index in [9.17, 15) is 18.0 Å². The van der Waals surface area contributed by atoms with Crippen LogP contribution in [0.4, 0.5) is 19.0 Å². The summed E-state index contributed by atoms with van der Waals surface area (Å²) in [6.45, 7) is 6.96. The van der Waals surface area contributed by atoms with Gasteiger partial charge < -0.3 is 9.80 Å². The van der Waals surface area contributed by atoms with E-state index in [0.717, 1.165) is 38.4 Å². The maximum atomic E-state index is 12.7. The number of aromatic nitrogens is 2. The minimum absolute atomic E-state index is 0.0166. The number of carbonyl (C=O) groups is 1. The second kappa shape index (κ2) is 9.19. The van der Waals surface area contributed by atoms with Gasteiger partial charge in [0.2, 0.25) is 5.91 Å². The van der Waals surface area contributed by atoms with Crippen molar-refractivity contribution in [3.63, 3.8) is 0 Å². The Morgan fingerprint density at radius 3 is 2.35 bits per heavy atom. The highest BCUT2D eigenvalue weighted by molar-refractivity contribution is 5.79. The summed E-state index contributed by atoms with van der Waals surface area (Å²) in [5.41, 5.74) is -0.988. The van der Waals surface area contributed by atoms with Gasteiger partial charge in [0, 0.05) is 32.1 Å². The average Bonchev–Trinajstić information content (AvgIpc) is 2.64. The molecule has 2 heterocycles. The van der Waals surface area contributed by atoms with Gasteiger partial charge >= 0.3 is 6.18 Å². The van der Waals surface area contributed by atoms with E-state index < -0.39 is 11.9 Å². The van der Waals surface area contributed by atoms with Crippen molar-refractivity contribution >= 4 is 11.7 Å². The molecule has 1 saturated heterocycles. The van der Waals surface area contributed by atoms with Crippen LogP contribution in [-0.2, 0) is 11.0 Å². The van der Waals surface area contributed by atoms with Gasteiger partial charge in [-0.25, -0.2) is 0 Å². The molecular formula is C18H27F3N4O. The summed E-state index contributed by atoms with van der Waals surface area (Å²) in [5.74, 6) is 0.621. The average molecular weight is 372 g/mol. The van der Waals surface area contributed by atoms with Gasteiger partial charge in [-0.05, 0) is 37.8 Å². The molecule has 0 radical (unpaired) electrons. The normalized spacial score (nSPS) is 16.0. The van der Waals surface area contributed by atoms with Crippen LogP contribution in [0.3, 0.4) is 0 Å². The lowest BCUT2D eigenvalue weighted by atomic mass is 9.95. The van der Waals surface area contributed by atoms with E-state index in [0.29, 0.717) is 31.7 Å². The van der Waals surface area contributed by atoms with Crippen molar-refractivity contribution in [3.05, 3.63) is 17.8 Å². The number of piperidine rings is 1. The van der Waals surface area contributed by atoms with Crippen LogP contribution < -0.4 is 4.90 Å². The highest BCUT2D eigenvalue weighted by Gasteiger charge is 2.33. The molecule has 1 amide bonds. The Bertz CT molecular complexity index is 569. The number of carbonyl (C=O) groups excluding carboxylic acids is 1. The quantitative estimate of drug-likeness (QED) is 0.731. The van der Waals surface area contributed by atoms with Gasteiger partial charge in [0.25, 0.3) is 0 Å². The maximum Gasteiger partial charge on any atom is 0.435 e. The first-order chi connectivity index (χ1) is 12.4. The third kappa shape index (κ3) is 5.32. The van der Waals surface area contributed by atoms with E-state index in [1.165, 1.54) is 6.07 Å². The molecule has 0 N–H and O–H groups in total.